The summed E-state index contributed by atoms with van der Waals surface area (Å²) in [7, 11) is 0. The van der Waals surface area contributed by atoms with E-state index < -0.39 is 0 Å². The highest BCUT2D eigenvalue weighted by atomic mass is 32.1. The maximum Gasteiger partial charge on any atom is 0.258 e. The molecule has 0 saturated heterocycles. The third-order valence-corrected chi connectivity index (χ3v) is 4.82. The first-order valence-electron chi connectivity index (χ1n) is 7.91. The average molecular weight is 354 g/mol. The van der Waals surface area contributed by atoms with Gasteiger partial charge in [0.2, 0.25) is 5.82 Å². The van der Waals surface area contributed by atoms with Gasteiger partial charge < -0.3 is 10.3 Å². The summed E-state index contributed by atoms with van der Waals surface area (Å²) in [5.41, 5.74) is 9.37. The van der Waals surface area contributed by atoms with Crippen molar-refractivity contribution in [1.82, 2.24) is 25.1 Å². The predicted octanol–water partition coefficient (Wildman–Crippen LogP) is 3.26. The van der Waals surface area contributed by atoms with Crippen LogP contribution in [0.25, 0.3) is 33.2 Å². The van der Waals surface area contributed by atoms with Gasteiger partial charge in [0.25, 0.3) is 5.89 Å². The van der Waals surface area contributed by atoms with Crippen molar-refractivity contribution in [2.75, 3.05) is 0 Å². The molecule has 25 heavy (non-hydrogen) atoms. The molecule has 0 aliphatic rings. The Kier molecular flexibility index (Phi) is 3.66. The number of benzene rings is 1. The Bertz CT molecular complexity index is 1040. The maximum atomic E-state index is 6.08. The van der Waals surface area contributed by atoms with Crippen LogP contribution < -0.4 is 5.73 Å². The SMILES string of the molecule is Cc1ccsc1-c1noc(-c2ccc3c(c2)nnn3CC(C)(C)N)n1. The first-order chi connectivity index (χ1) is 11.9. The van der Waals surface area contributed by atoms with Gasteiger partial charge in [-0.15, -0.1) is 16.4 Å². The second-order valence-corrected chi connectivity index (χ2v) is 7.71. The standard InChI is InChI=1S/C17H18N6OS/c1-10-6-7-25-14(10)15-19-16(24-21-15)11-4-5-13-12(8-11)20-22-23(13)9-17(2,3)18/h4-8H,9,18H2,1-3H3. The van der Waals surface area contributed by atoms with E-state index in [4.69, 9.17) is 10.3 Å². The minimum Gasteiger partial charge on any atom is -0.334 e. The maximum absolute atomic E-state index is 6.08. The van der Waals surface area contributed by atoms with E-state index in [9.17, 15) is 0 Å². The van der Waals surface area contributed by atoms with Crippen molar-refractivity contribution >= 4 is 22.4 Å². The Balaban J connectivity index is 1.69. The van der Waals surface area contributed by atoms with Gasteiger partial charge in [-0.25, -0.2) is 4.68 Å². The van der Waals surface area contributed by atoms with E-state index in [2.05, 4.69) is 20.5 Å². The highest BCUT2D eigenvalue weighted by Gasteiger charge is 2.17. The fourth-order valence-corrected chi connectivity index (χ4v) is 3.49. The van der Waals surface area contributed by atoms with E-state index in [1.807, 2.05) is 55.1 Å². The van der Waals surface area contributed by atoms with Crippen molar-refractivity contribution in [1.29, 1.82) is 0 Å². The molecule has 4 aromatic rings. The number of hydrogen-bond acceptors (Lipinski definition) is 7. The Labute approximate surface area is 148 Å². The molecular formula is C17H18N6OS. The van der Waals surface area contributed by atoms with Crippen LogP contribution in [-0.2, 0) is 6.54 Å². The molecule has 0 aliphatic carbocycles. The first-order valence-corrected chi connectivity index (χ1v) is 8.79. The molecule has 1 aromatic carbocycles. The molecule has 128 valence electrons. The van der Waals surface area contributed by atoms with Crippen LogP contribution in [0.4, 0.5) is 0 Å². The fourth-order valence-electron chi connectivity index (χ4n) is 2.64. The van der Waals surface area contributed by atoms with E-state index in [0.717, 1.165) is 27.0 Å². The minimum atomic E-state index is -0.362. The number of nitrogens with zero attached hydrogens (tertiary/aromatic N) is 5. The van der Waals surface area contributed by atoms with Crippen LogP contribution in [-0.4, -0.2) is 30.7 Å². The minimum absolute atomic E-state index is 0.362. The van der Waals surface area contributed by atoms with Gasteiger partial charge in [0.1, 0.15) is 5.52 Å². The van der Waals surface area contributed by atoms with Crippen LogP contribution in [0.5, 0.6) is 0 Å². The number of fused-ring (bicyclic) bond motifs is 1. The number of nitrogens with two attached hydrogens (primary N) is 1. The van der Waals surface area contributed by atoms with Gasteiger partial charge in [0, 0.05) is 11.1 Å². The number of hydrogen-bond donors (Lipinski definition) is 1. The quantitative estimate of drug-likeness (QED) is 0.604. The van der Waals surface area contributed by atoms with E-state index in [0.29, 0.717) is 18.3 Å². The molecule has 0 fully saturated rings. The summed E-state index contributed by atoms with van der Waals surface area (Å²) in [5, 5.41) is 14.5. The Morgan fingerprint density at radius 3 is 2.84 bits per heavy atom. The molecule has 0 radical (unpaired) electrons. The Hall–Kier alpha value is -2.58. The van der Waals surface area contributed by atoms with Crippen molar-refractivity contribution in [3.8, 4) is 22.2 Å². The van der Waals surface area contributed by atoms with Crippen LogP contribution in [0.2, 0.25) is 0 Å². The summed E-state index contributed by atoms with van der Waals surface area (Å²) in [6, 6.07) is 7.83. The second-order valence-electron chi connectivity index (χ2n) is 6.80. The van der Waals surface area contributed by atoms with Gasteiger partial charge in [-0.2, -0.15) is 4.98 Å². The zero-order valence-corrected chi connectivity index (χ0v) is 15.0. The molecule has 2 N–H and O–H groups in total. The van der Waals surface area contributed by atoms with Gasteiger partial charge in [0.05, 0.1) is 16.9 Å². The molecule has 4 rings (SSSR count). The largest absolute Gasteiger partial charge is 0.334 e. The van der Waals surface area contributed by atoms with E-state index in [1.165, 1.54) is 0 Å². The molecule has 7 nitrogen and oxygen atoms in total. The summed E-state index contributed by atoms with van der Waals surface area (Å²) in [5.74, 6) is 1.08. The lowest BCUT2D eigenvalue weighted by Gasteiger charge is -2.17. The topological polar surface area (TPSA) is 95.7 Å². The monoisotopic (exact) mass is 354 g/mol. The van der Waals surface area contributed by atoms with Crippen molar-refractivity contribution in [3.63, 3.8) is 0 Å². The first kappa shape index (κ1) is 15.9. The molecule has 3 aromatic heterocycles. The Morgan fingerprint density at radius 1 is 1.28 bits per heavy atom. The normalized spacial score (nSPS) is 12.2. The molecule has 0 aliphatic heterocycles. The lowest BCUT2D eigenvalue weighted by molar-refractivity contribution is 0.409. The van der Waals surface area contributed by atoms with Crippen LogP contribution in [0.3, 0.4) is 0 Å². The average Bonchev–Trinajstić information content (AvgIpc) is 3.25. The van der Waals surface area contributed by atoms with Gasteiger partial charge in [-0.05, 0) is 56.0 Å². The predicted molar refractivity (Wildman–Crippen MR) is 97.1 cm³/mol. The summed E-state index contributed by atoms with van der Waals surface area (Å²) in [4.78, 5) is 5.54. The molecule has 8 heteroatoms. The molecule has 0 amide bonds. The van der Waals surface area contributed by atoms with E-state index in [1.54, 1.807) is 11.3 Å². The van der Waals surface area contributed by atoms with E-state index >= 15 is 0 Å². The number of aryl methyl sites for hydroxylation is 1. The molecular weight excluding hydrogens is 336 g/mol. The van der Waals surface area contributed by atoms with Crippen LogP contribution >= 0.6 is 11.3 Å². The van der Waals surface area contributed by atoms with Crippen molar-refractivity contribution < 1.29 is 4.52 Å². The number of rotatable bonds is 4. The van der Waals surface area contributed by atoms with Crippen LogP contribution in [0.1, 0.15) is 19.4 Å². The van der Waals surface area contributed by atoms with Gasteiger partial charge in [-0.1, -0.05) is 10.4 Å². The lowest BCUT2D eigenvalue weighted by Crippen LogP contribution is -2.37. The summed E-state index contributed by atoms with van der Waals surface area (Å²) < 4.78 is 7.25. The van der Waals surface area contributed by atoms with Gasteiger partial charge >= 0.3 is 0 Å². The van der Waals surface area contributed by atoms with Crippen molar-refractivity contribution in [2.24, 2.45) is 5.73 Å². The van der Waals surface area contributed by atoms with Gasteiger partial charge in [-0.3, -0.25) is 0 Å². The second kappa shape index (κ2) is 5.75. The molecule has 0 bridgehead atoms. The van der Waals surface area contributed by atoms with Gasteiger partial charge in [0.15, 0.2) is 0 Å². The zero-order valence-electron chi connectivity index (χ0n) is 14.2. The zero-order chi connectivity index (χ0) is 17.6. The number of aromatic nitrogens is 5. The molecule has 0 saturated carbocycles. The Morgan fingerprint density at radius 2 is 2.12 bits per heavy atom. The summed E-state index contributed by atoms with van der Waals surface area (Å²) in [6.07, 6.45) is 0. The molecule has 0 unspecified atom stereocenters. The third-order valence-electron chi connectivity index (χ3n) is 3.81. The van der Waals surface area contributed by atoms with Crippen LogP contribution in [0, 0.1) is 6.92 Å². The van der Waals surface area contributed by atoms with Crippen LogP contribution in [0.15, 0.2) is 34.2 Å². The number of thiophene rings is 1. The van der Waals surface area contributed by atoms with E-state index in [-0.39, 0.29) is 5.54 Å². The summed E-state index contributed by atoms with van der Waals surface area (Å²) in [6.45, 7) is 6.54. The third kappa shape index (κ3) is 3.06. The fraction of sp³-hybridized carbons (Fsp3) is 0.294. The molecule has 0 atom stereocenters. The molecule has 0 spiro atoms. The molecule has 3 heterocycles. The lowest BCUT2D eigenvalue weighted by atomic mass is 10.1. The van der Waals surface area contributed by atoms with Crippen molar-refractivity contribution in [3.05, 3.63) is 35.2 Å². The smallest absolute Gasteiger partial charge is 0.258 e. The summed E-state index contributed by atoms with van der Waals surface area (Å²) >= 11 is 1.60. The highest BCUT2D eigenvalue weighted by molar-refractivity contribution is 7.13. The van der Waals surface area contributed by atoms with Crippen molar-refractivity contribution in [2.45, 2.75) is 32.9 Å². The highest BCUT2D eigenvalue weighted by Crippen LogP contribution is 2.29.